The molecule has 1 aromatic rings. The normalized spacial score (nSPS) is 22.7. The number of fused-ring (bicyclic) bond motifs is 2. The zero-order valence-electron chi connectivity index (χ0n) is 10.2. The number of hydrogen-bond acceptors (Lipinski definition) is 2. The summed E-state index contributed by atoms with van der Waals surface area (Å²) in [5, 5.41) is 2.51. The number of nitrogens with zero attached hydrogens (tertiary/aromatic N) is 1. The minimum atomic E-state index is -2.81. The molecule has 1 spiro atoms. The number of amides is 1. The first-order chi connectivity index (χ1) is 9.26. The Kier molecular flexibility index (Phi) is 2.80. The van der Waals surface area contributed by atoms with E-state index in [1.165, 1.54) is 0 Å². The second-order valence-electron chi connectivity index (χ2n) is 5.17. The summed E-state index contributed by atoms with van der Waals surface area (Å²) in [5.41, 5.74) is -2.22. The lowest BCUT2D eigenvalue weighted by molar-refractivity contribution is -0.0668. The monoisotopic (exact) mass is 350 g/mol. The van der Waals surface area contributed by atoms with Gasteiger partial charge in [-0.25, -0.2) is 13.2 Å². The second-order valence-corrected chi connectivity index (χ2v) is 6.03. The van der Waals surface area contributed by atoms with Crippen molar-refractivity contribution in [3.05, 3.63) is 32.4 Å². The van der Waals surface area contributed by atoms with Gasteiger partial charge in [0, 0.05) is 12.8 Å². The van der Waals surface area contributed by atoms with Crippen molar-refractivity contribution in [2.45, 2.75) is 37.3 Å². The van der Waals surface area contributed by atoms with Gasteiger partial charge in [-0.05, 0) is 34.8 Å². The molecule has 8 heteroatoms. The number of aromatic nitrogens is 1. The molecule has 0 radical (unpaired) electrons. The van der Waals surface area contributed by atoms with Gasteiger partial charge in [-0.15, -0.1) is 0 Å². The first-order valence-electron chi connectivity index (χ1n) is 6.08. The molecule has 1 fully saturated rings. The van der Waals surface area contributed by atoms with Crippen LogP contribution in [0.5, 0.6) is 0 Å². The molecule has 0 unspecified atom stereocenters. The van der Waals surface area contributed by atoms with Gasteiger partial charge >= 0.3 is 0 Å². The number of rotatable bonds is 0. The van der Waals surface area contributed by atoms with E-state index in [0.717, 1.165) is 10.6 Å². The largest absolute Gasteiger partial charge is 0.327 e. The molecular formula is C12H10BrF3N2O2. The van der Waals surface area contributed by atoms with Crippen LogP contribution >= 0.6 is 15.9 Å². The fourth-order valence-electron chi connectivity index (χ4n) is 2.88. The van der Waals surface area contributed by atoms with Crippen molar-refractivity contribution >= 4 is 21.8 Å². The topological polar surface area (TPSA) is 51.1 Å². The average Bonchev–Trinajstić information content (AvgIpc) is 2.65. The maximum absolute atomic E-state index is 13.9. The molecule has 1 aromatic heterocycles. The predicted molar refractivity (Wildman–Crippen MR) is 67.2 cm³/mol. The van der Waals surface area contributed by atoms with Crippen molar-refractivity contribution in [3.8, 4) is 0 Å². The molecule has 0 aromatic carbocycles. The van der Waals surface area contributed by atoms with E-state index in [-0.39, 0.29) is 23.0 Å². The van der Waals surface area contributed by atoms with Gasteiger partial charge in [0.15, 0.2) is 5.82 Å². The van der Waals surface area contributed by atoms with Crippen molar-refractivity contribution < 1.29 is 18.0 Å². The van der Waals surface area contributed by atoms with Crippen LogP contribution < -0.4 is 10.9 Å². The maximum Gasteiger partial charge on any atom is 0.272 e. The zero-order chi connectivity index (χ0) is 14.7. The Bertz CT molecular complexity index is 661. The molecule has 0 bridgehead atoms. The van der Waals surface area contributed by atoms with Gasteiger partial charge < -0.3 is 5.32 Å². The summed E-state index contributed by atoms with van der Waals surface area (Å²) in [6.07, 6.45) is -1.11. The molecule has 20 heavy (non-hydrogen) atoms. The van der Waals surface area contributed by atoms with E-state index in [2.05, 4.69) is 21.2 Å². The number of carbonyl (C=O) groups excluding carboxylic acids is 1. The molecule has 0 saturated heterocycles. The Labute approximate surface area is 120 Å². The van der Waals surface area contributed by atoms with Crippen LogP contribution in [0.3, 0.4) is 0 Å². The summed E-state index contributed by atoms with van der Waals surface area (Å²) in [5.74, 6) is -4.40. The van der Waals surface area contributed by atoms with Gasteiger partial charge in [-0.2, -0.15) is 0 Å². The highest BCUT2D eigenvalue weighted by Gasteiger charge is 2.51. The van der Waals surface area contributed by atoms with Gasteiger partial charge in [-0.3, -0.25) is 14.2 Å². The predicted octanol–water partition coefficient (Wildman–Crippen LogP) is 2.36. The van der Waals surface area contributed by atoms with Crippen LogP contribution in [0.2, 0.25) is 0 Å². The molecule has 2 heterocycles. The van der Waals surface area contributed by atoms with Crippen molar-refractivity contribution in [1.29, 1.82) is 0 Å². The maximum atomic E-state index is 13.9. The van der Waals surface area contributed by atoms with E-state index in [1.54, 1.807) is 0 Å². The lowest BCUT2D eigenvalue weighted by Crippen LogP contribution is -2.51. The number of halogens is 4. The Balaban J connectivity index is 2.17. The summed E-state index contributed by atoms with van der Waals surface area (Å²) in [6.45, 7) is 0. The minimum Gasteiger partial charge on any atom is -0.327 e. The molecule has 4 nitrogen and oxygen atoms in total. The Hall–Kier alpha value is -1.31. The first kappa shape index (κ1) is 13.7. The molecule has 2 aliphatic rings. The van der Waals surface area contributed by atoms with Gasteiger partial charge in [0.2, 0.25) is 5.92 Å². The van der Waals surface area contributed by atoms with Crippen LogP contribution in [-0.2, 0) is 5.66 Å². The van der Waals surface area contributed by atoms with Crippen molar-refractivity contribution in [1.82, 2.24) is 9.88 Å². The van der Waals surface area contributed by atoms with E-state index in [0.29, 0.717) is 0 Å². The molecule has 1 amide bonds. The van der Waals surface area contributed by atoms with Gasteiger partial charge in [0.1, 0.15) is 11.4 Å². The lowest BCUT2D eigenvalue weighted by Gasteiger charge is -2.38. The molecule has 1 aliphatic heterocycles. The van der Waals surface area contributed by atoms with Gasteiger partial charge in [0.05, 0.1) is 4.47 Å². The van der Waals surface area contributed by atoms with E-state index in [1.807, 2.05) is 0 Å². The van der Waals surface area contributed by atoms with Crippen LogP contribution in [0.25, 0.3) is 0 Å². The summed E-state index contributed by atoms with van der Waals surface area (Å²) >= 11 is 2.93. The highest BCUT2D eigenvalue weighted by Crippen LogP contribution is 2.43. The van der Waals surface area contributed by atoms with E-state index >= 15 is 0 Å². The number of nitrogens with one attached hydrogen (secondary N) is 1. The van der Waals surface area contributed by atoms with Crippen LogP contribution in [0.15, 0.2) is 15.3 Å². The first-order valence-corrected chi connectivity index (χ1v) is 6.87. The number of hydrogen-bond donors (Lipinski definition) is 1. The van der Waals surface area contributed by atoms with Crippen molar-refractivity contribution in [2.75, 3.05) is 0 Å². The van der Waals surface area contributed by atoms with Crippen molar-refractivity contribution in [2.24, 2.45) is 0 Å². The van der Waals surface area contributed by atoms with Gasteiger partial charge in [0.25, 0.3) is 11.5 Å². The highest BCUT2D eigenvalue weighted by molar-refractivity contribution is 9.10. The third-order valence-electron chi connectivity index (χ3n) is 3.91. The van der Waals surface area contributed by atoms with E-state index in [9.17, 15) is 22.8 Å². The quantitative estimate of drug-likeness (QED) is 0.780. The lowest BCUT2D eigenvalue weighted by atomic mass is 9.86. The third-order valence-corrected chi connectivity index (χ3v) is 4.48. The fourth-order valence-corrected chi connectivity index (χ4v) is 3.26. The summed E-state index contributed by atoms with van der Waals surface area (Å²) in [6, 6.07) is 0.921. The summed E-state index contributed by atoms with van der Waals surface area (Å²) < 4.78 is 41.4. The summed E-state index contributed by atoms with van der Waals surface area (Å²) in [7, 11) is 0. The molecule has 1 N–H and O–H groups in total. The fraction of sp³-hybridized carbons (Fsp3) is 0.500. The standard InChI is InChI=1S/C12H10BrF3N2O2/c13-6-5-7(14)8-9(19)17-12(18(8)10(6)20)3-1-11(15,16)2-4-12/h5H,1-4H2,(H,17,19). The number of carbonyl (C=O) groups is 1. The Morgan fingerprint density at radius 1 is 1.20 bits per heavy atom. The second kappa shape index (κ2) is 4.09. The number of alkyl halides is 2. The Morgan fingerprint density at radius 3 is 2.40 bits per heavy atom. The average molecular weight is 351 g/mol. The third kappa shape index (κ3) is 1.81. The Morgan fingerprint density at radius 2 is 1.80 bits per heavy atom. The van der Waals surface area contributed by atoms with E-state index in [4.69, 9.17) is 0 Å². The van der Waals surface area contributed by atoms with Crippen LogP contribution in [-0.4, -0.2) is 16.4 Å². The van der Waals surface area contributed by atoms with Gasteiger partial charge in [-0.1, -0.05) is 0 Å². The number of pyridine rings is 1. The molecule has 1 saturated carbocycles. The van der Waals surface area contributed by atoms with Crippen molar-refractivity contribution in [3.63, 3.8) is 0 Å². The zero-order valence-corrected chi connectivity index (χ0v) is 11.8. The molecule has 3 rings (SSSR count). The molecule has 0 atom stereocenters. The van der Waals surface area contributed by atoms with E-state index < -0.39 is 41.7 Å². The van der Waals surface area contributed by atoms with Crippen LogP contribution in [0.4, 0.5) is 13.2 Å². The molecule has 108 valence electrons. The van der Waals surface area contributed by atoms with Crippen LogP contribution in [0, 0.1) is 5.82 Å². The molecule has 1 aliphatic carbocycles. The van der Waals surface area contributed by atoms with Crippen LogP contribution in [0.1, 0.15) is 36.2 Å². The minimum absolute atomic E-state index is 0.0352. The molecular weight excluding hydrogens is 341 g/mol. The smallest absolute Gasteiger partial charge is 0.272 e. The SMILES string of the molecule is O=C1NC2(CCC(F)(F)CC2)n2c1c(F)cc(Br)c2=O. The highest BCUT2D eigenvalue weighted by atomic mass is 79.9. The summed E-state index contributed by atoms with van der Waals surface area (Å²) in [4.78, 5) is 24.0.